The molecule has 1 heterocycles. The quantitative estimate of drug-likeness (QED) is 0.595. The predicted molar refractivity (Wildman–Crippen MR) is 100 cm³/mol. The van der Waals surface area contributed by atoms with Crippen molar-refractivity contribution >= 4 is 11.3 Å². The normalized spacial score (nSPS) is 12.4. The molecule has 0 aliphatic rings. The van der Waals surface area contributed by atoms with Crippen LogP contribution in [0.1, 0.15) is 41.3 Å². The summed E-state index contributed by atoms with van der Waals surface area (Å²) in [6, 6.07) is 26.4. The highest BCUT2D eigenvalue weighted by Crippen LogP contribution is 2.28. The average molecular weight is 321 g/mol. The first-order valence-electron chi connectivity index (χ1n) is 8.21. The van der Waals surface area contributed by atoms with Crippen molar-refractivity contribution in [3.05, 3.63) is 94.2 Å². The van der Waals surface area contributed by atoms with Crippen LogP contribution < -0.4 is 5.32 Å². The van der Waals surface area contributed by atoms with Crippen molar-refractivity contribution in [1.82, 2.24) is 5.32 Å². The highest BCUT2D eigenvalue weighted by Gasteiger charge is 2.14. The third-order valence-corrected chi connectivity index (χ3v) is 5.31. The van der Waals surface area contributed by atoms with E-state index in [2.05, 4.69) is 90.4 Å². The largest absolute Gasteiger partial charge is 0.309 e. The van der Waals surface area contributed by atoms with E-state index >= 15 is 0 Å². The molecule has 1 aromatic heterocycles. The van der Waals surface area contributed by atoms with Crippen molar-refractivity contribution in [2.45, 2.75) is 25.3 Å². The van der Waals surface area contributed by atoms with Crippen molar-refractivity contribution in [3.8, 4) is 0 Å². The summed E-state index contributed by atoms with van der Waals surface area (Å²) in [5.41, 5.74) is 2.79. The monoisotopic (exact) mass is 321 g/mol. The van der Waals surface area contributed by atoms with Crippen molar-refractivity contribution < 1.29 is 0 Å². The number of nitrogens with one attached hydrogen (secondary N) is 1. The lowest BCUT2D eigenvalue weighted by Gasteiger charge is -2.20. The van der Waals surface area contributed by atoms with Crippen LogP contribution in [0, 0.1) is 0 Å². The van der Waals surface area contributed by atoms with Gasteiger partial charge in [-0.1, -0.05) is 66.7 Å². The second-order valence-corrected chi connectivity index (χ2v) is 6.83. The summed E-state index contributed by atoms with van der Waals surface area (Å²) in [7, 11) is 0. The van der Waals surface area contributed by atoms with Crippen molar-refractivity contribution in [2.75, 3.05) is 6.54 Å². The van der Waals surface area contributed by atoms with E-state index in [4.69, 9.17) is 0 Å². The van der Waals surface area contributed by atoms with Crippen molar-refractivity contribution in [1.29, 1.82) is 0 Å². The van der Waals surface area contributed by atoms with Gasteiger partial charge >= 0.3 is 0 Å². The molecule has 2 heteroatoms. The molecule has 0 radical (unpaired) electrons. The van der Waals surface area contributed by atoms with Gasteiger partial charge in [-0.05, 0) is 42.5 Å². The Bertz CT molecular complexity index is 637. The van der Waals surface area contributed by atoms with Crippen molar-refractivity contribution in [3.63, 3.8) is 0 Å². The van der Waals surface area contributed by atoms with Gasteiger partial charge in [0, 0.05) is 16.8 Å². The van der Waals surface area contributed by atoms with Crippen LogP contribution in [0.5, 0.6) is 0 Å². The van der Waals surface area contributed by atoms with Crippen LogP contribution in [0.25, 0.3) is 0 Å². The smallest absolute Gasteiger partial charge is 0.0386 e. The second kappa shape index (κ2) is 8.09. The highest BCUT2D eigenvalue weighted by atomic mass is 32.1. The number of hydrogen-bond donors (Lipinski definition) is 1. The molecule has 118 valence electrons. The summed E-state index contributed by atoms with van der Waals surface area (Å²) in [6.07, 6.45) is 1.10. The molecule has 0 fully saturated rings. The summed E-state index contributed by atoms with van der Waals surface area (Å²) in [5, 5.41) is 5.81. The van der Waals surface area contributed by atoms with Crippen LogP contribution in [0.2, 0.25) is 0 Å². The topological polar surface area (TPSA) is 12.0 Å². The Balaban J connectivity index is 1.67. The van der Waals surface area contributed by atoms with Gasteiger partial charge in [0.1, 0.15) is 0 Å². The number of hydrogen-bond acceptors (Lipinski definition) is 2. The van der Waals surface area contributed by atoms with Crippen molar-refractivity contribution in [2.24, 2.45) is 0 Å². The van der Waals surface area contributed by atoms with Gasteiger partial charge in [0.15, 0.2) is 0 Å². The van der Waals surface area contributed by atoms with E-state index in [-0.39, 0.29) is 0 Å². The van der Waals surface area contributed by atoms with E-state index in [9.17, 15) is 0 Å². The molecule has 0 bridgehead atoms. The summed E-state index contributed by atoms with van der Waals surface area (Å²) in [4.78, 5) is 1.40. The molecule has 0 aliphatic heterocycles. The Morgan fingerprint density at radius 3 is 1.96 bits per heavy atom. The van der Waals surface area contributed by atoms with E-state index in [1.165, 1.54) is 16.0 Å². The molecule has 0 saturated heterocycles. The average Bonchev–Trinajstić information content (AvgIpc) is 3.15. The molecule has 0 amide bonds. The molecular formula is C21H23NS. The lowest BCUT2D eigenvalue weighted by molar-refractivity contribution is 0.546. The Morgan fingerprint density at radius 1 is 0.826 bits per heavy atom. The molecule has 0 aliphatic carbocycles. The Labute approximate surface area is 143 Å². The molecule has 0 saturated carbocycles. The number of benzene rings is 2. The molecule has 3 aromatic rings. The van der Waals surface area contributed by atoms with Crippen LogP contribution in [0.4, 0.5) is 0 Å². The maximum Gasteiger partial charge on any atom is 0.0386 e. The maximum absolute atomic E-state index is 3.67. The first-order chi connectivity index (χ1) is 11.3. The van der Waals surface area contributed by atoms with Crippen LogP contribution in [-0.4, -0.2) is 6.54 Å². The van der Waals surface area contributed by atoms with Gasteiger partial charge in [-0.2, -0.15) is 0 Å². The lowest BCUT2D eigenvalue weighted by atomic mass is 9.88. The SMILES string of the molecule is C[C@H](NCCC(c1ccccc1)c1ccccc1)c1cccs1. The van der Waals surface area contributed by atoms with Gasteiger partial charge in [-0.25, -0.2) is 0 Å². The van der Waals surface area contributed by atoms with E-state index in [0.29, 0.717) is 12.0 Å². The minimum Gasteiger partial charge on any atom is -0.309 e. The molecule has 0 unspecified atom stereocenters. The van der Waals surface area contributed by atoms with Crippen LogP contribution >= 0.6 is 11.3 Å². The standard InChI is InChI=1S/C21H23NS/c1-17(21-13-8-16-23-21)22-15-14-20(18-9-4-2-5-10-18)19-11-6-3-7-12-19/h2-13,16-17,20,22H,14-15H2,1H3/t17-/m0/s1. The minimum absolute atomic E-state index is 0.419. The van der Waals surface area contributed by atoms with Gasteiger partial charge < -0.3 is 5.32 Å². The molecule has 2 aromatic carbocycles. The van der Waals surface area contributed by atoms with E-state index in [1.54, 1.807) is 0 Å². The van der Waals surface area contributed by atoms with E-state index < -0.39 is 0 Å². The minimum atomic E-state index is 0.419. The molecular weight excluding hydrogens is 298 g/mol. The van der Waals surface area contributed by atoms with Crippen LogP contribution in [-0.2, 0) is 0 Å². The van der Waals surface area contributed by atoms with Crippen LogP contribution in [0.15, 0.2) is 78.2 Å². The summed E-state index contributed by atoms with van der Waals surface area (Å²) < 4.78 is 0. The molecule has 1 atom stereocenters. The zero-order valence-electron chi connectivity index (χ0n) is 13.5. The third-order valence-electron chi connectivity index (χ3n) is 4.26. The molecule has 0 spiro atoms. The van der Waals surface area contributed by atoms with E-state index in [1.807, 2.05) is 11.3 Å². The zero-order valence-corrected chi connectivity index (χ0v) is 14.3. The Kier molecular flexibility index (Phi) is 5.62. The highest BCUT2D eigenvalue weighted by molar-refractivity contribution is 7.10. The first kappa shape index (κ1) is 16.0. The summed E-state index contributed by atoms with van der Waals surface area (Å²) in [6.45, 7) is 3.25. The zero-order chi connectivity index (χ0) is 15.9. The molecule has 3 rings (SSSR count). The van der Waals surface area contributed by atoms with E-state index in [0.717, 1.165) is 13.0 Å². The Morgan fingerprint density at radius 2 is 1.43 bits per heavy atom. The van der Waals surface area contributed by atoms with Gasteiger partial charge in [-0.15, -0.1) is 11.3 Å². The molecule has 1 nitrogen and oxygen atoms in total. The fraction of sp³-hybridized carbons (Fsp3) is 0.238. The lowest BCUT2D eigenvalue weighted by Crippen LogP contribution is -2.21. The summed E-state index contributed by atoms with van der Waals surface area (Å²) in [5.74, 6) is 0.445. The van der Waals surface area contributed by atoms with Gasteiger partial charge in [0.25, 0.3) is 0 Å². The van der Waals surface area contributed by atoms with Gasteiger partial charge in [0.2, 0.25) is 0 Å². The molecule has 1 N–H and O–H groups in total. The fourth-order valence-electron chi connectivity index (χ4n) is 2.98. The first-order valence-corrected chi connectivity index (χ1v) is 9.09. The third kappa shape index (κ3) is 4.31. The molecule has 23 heavy (non-hydrogen) atoms. The van der Waals surface area contributed by atoms with Gasteiger partial charge in [0.05, 0.1) is 0 Å². The number of rotatable bonds is 7. The fourth-order valence-corrected chi connectivity index (χ4v) is 3.74. The predicted octanol–water partition coefficient (Wildman–Crippen LogP) is 5.62. The Hall–Kier alpha value is -1.90. The summed E-state index contributed by atoms with van der Waals surface area (Å²) >= 11 is 1.82. The van der Waals surface area contributed by atoms with Gasteiger partial charge in [-0.3, -0.25) is 0 Å². The maximum atomic E-state index is 3.67. The second-order valence-electron chi connectivity index (χ2n) is 5.85. The van der Waals surface area contributed by atoms with Crippen LogP contribution in [0.3, 0.4) is 0 Å². The number of thiophene rings is 1.